The summed E-state index contributed by atoms with van der Waals surface area (Å²) in [6.07, 6.45) is 4.21. The smallest absolute Gasteiger partial charge is 0.261 e. The zero-order chi connectivity index (χ0) is 20.4. The van der Waals surface area contributed by atoms with Gasteiger partial charge < -0.3 is 10.6 Å². The Kier molecular flexibility index (Phi) is 5.87. The first-order valence-electron chi connectivity index (χ1n) is 9.84. The number of carbonyl (C=O) groups is 2. The van der Waals surface area contributed by atoms with E-state index in [1.165, 1.54) is 11.3 Å². The molecule has 0 unspecified atom stereocenters. The second kappa shape index (κ2) is 8.55. The van der Waals surface area contributed by atoms with Crippen LogP contribution in [0.15, 0.2) is 30.3 Å². The van der Waals surface area contributed by atoms with Gasteiger partial charge in [-0.1, -0.05) is 30.5 Å². The van der Waals surface area contributed by atoms with Crippen molar-refractivity contribution in [1.29, 1.82) is 0 Å². The molecule has 0 saturated heterocycles. The van der Waals surface area contributed by atoms with Crippen LogP contribution in [0, 0.1) is 12.8 Å². The fraction of sp³-hybridized carbons (Fsp3) is 0.381. The van der Waals surface area contributed by atoms with E-state index in [1.807, 2.05) is 41.9 Å². The van der Waals surface area contributed by atoms with Crippen molar-refractivity contribution in [3.8, 4) is 5.69 Å². The number of amides is 2. The highest BCUT2D eigenvalue weighted by molar-refractivity contribution is 7.20. The highest BCUT2D eigenvalue weighted by atomic mass is 35.5. The van der Waals surface area contributed by atoms with E-state index < -0.39 is 0 Å². The molecule has 1 aromatic carbocycles. The van der Waals surface area contributed by atoms with Crippen molar-refractivity contribution < 1.29 is 9.59 Å². The largest absolute Gasteiger partial charge is 0.354 e. The second-order valence-electron chi connectivity index (χ2n) is 7.33. The molecule has 0 radical (unpaired) electrons. The third kappa shape index (κ3) is 4.31. The summed E-state index contributed by atoms with van der Waals surface area (Å²) in [6.45, 7) is 2.78. The Bertz CT molecular complexity index is 1050. The fourth-order valence-corrected chi connectivity index (χ4v) is 5.01. The number of aryl methyl sites for hydroxylation is 1. The molecule has 0 bridgehead atoms. The highest BCUT2D eigenvalue weighted by Crippen LogP contribution is 2.31. The normalized spacial score (nSPS) is 14.4. The molecule has 0 atom stereocenters. The Morgan fingerprint density at radius 2 is 1.97 bits per heavy atom. The molecular weight excluding hydrogens is 408 g/mol. The van der Waals surface area contributed by atoms with Crippen LogP contribution < -0.4 is 10.6 Å². The Balaban J connectivity index is 1.40. The summed E-state index contributed by atoms with van der Waals surface area (Å²) in [5.74, 6) is 0.111. The average molecular weight is 431 g/mol. The van der Waals surface area contributed by atoms with Gasteiger partial charge in [0.05, 0.1) is 16.3 Å². The molecule has 8 heteroatoms. The van der Waals surface area contributed by atoms with Crippen molar-refractivity contribution in [3.05, 3.63) is 45.9 Å². The molecule has 1 aliphatic rings. The lowest BCUT2D eigenvalue weighted by molar-refractivity contribution is -0.124. The number of rotatable bonds is 6. The van der Waals surface area contributed by atoms with Crippen LogP contribution in [-0.2, 0) is 4.79 Å². The minimum Gasteiger partial charge on any atom is -0.354 e. The summed E-state index contributed by atoms with van der Waals surface area (Å²) in [5, 5.41) is 12.0. The molecule has 2 amide bonds. The van der Waals surface area contributed by atoms with Crippen molar-refractivity contribution in [3.63, 3.8) is 0 Å². The first-order valence-corrected chi connectivity index (χ1v) is 11.0. The van der Waals surface area contributed by atoms with Crippen LogP contribution in [0.4, 0.5) is 0 Å². The van der Waals surface area contributed by atoms with E-state index >= 15 is 0 Å². The standard InChI is InChI=1S/C21H23ClN4O2S/c1-13-17-12-18(20(28)24-10-9-23-19(27)14-5-2-3-6-14)29-21(17)26(25-13)16-8-4-7-15(22)11-16/h4,7-8,11-12,14H,2-3,5-6,9-10H2,1H3,(H,23,27)(H,24,28). The number of nitrogens with one attached hydrogen (secondary N) is 2. The predicted molar refractivity (Wildman–Crippen MR) is 116 cm³/mol. The molecule has 4 rings (SSSR count). The molecule has 0 aliphatic heterocycles. The Hall–Kier alpha value is -2.38. The summed E-state index contributed by atoms with van der Waals surface area (Å²) >= 11 is 7.51. The maximum absolute atomic E-state index is 12.6. The van der Waals surface area contributed by atoms with Crippen LogP contribution in [0.3, 0.4) is 0 Å². The molecule has 6 nitrogen and oxygen atoms in total. The highest BCUT2D eigenvalue weighted by Gasteiger charge is 2.22. The first-order chi connectivity index (χ1) is 14.0. The number of aromatic nitrogens is 2. The number of halogens is 1. The molecule has 29 heavy (non-hydrogen) atoms. The van der Waals surface area contributed by atoms with Crippen LogP contribution in [0.1, 0.15) is 41.0 Å². The zero-order valence-electron chi connectivity index (χ0n) is 16.2. The Morgan fingerprint density at radius 3 is 2.72 bits per heavy atom. The summed E-state index contributed by atoms with van der Waals surface area (Å²) in [4.78, 5) is 26.1. The van der Waals surface area contributed by atoms with Gasteiger partial charge in [-0.2, -0.15) is 5.10 Å². The average Bonchev–Trinajstić information content (AvgIpc) is 3.43. The van der Waals surface area contributed by atoms with Gasteiger partial charge in [0.2, 0.25) is 5.91 Å². The number of hydrogen-bond donors (Lipinski definition) is 2. The zero-order valence-corrected chi connectivity index (χ0v) is 17.8. The minimum atomic E-state index is -0.140. The Labute approximate surface area is 178 Å². The quantitative estimate of drug-likeness (QED) is 0.578. The van der Waals surface area contributed by atoms with Gasteiger partial charge in [0.25, 0.3) is 5.91 Å². The Morgan fingerprint density at radius 1 is 1.21 bits per heavy atom. The van der Waals surface area contributed by atoms with Crippen LogP contribution in [0.5, 0.6) is 0 Å². The summed E-state index contributed by atoms with van der Waals surface area (Å²) < 4.78 is 1.82. The van der Waals surface area contributed by atoms with Crippen LogP contribution >= 0.6 is 22.9 Å². The monoisotopic (exact) mass is 430 g/mol. The van der Waals surface area contributed by atoms with E-state index in [9.17, 15) is 9.59 Å². The molecule has 1 saturated carbocycles. The summed E-state index contributed by atoms with van der Waals surface area (Å²) in [5.41, 5.74) is 1.72. The van der Waals surface area contributed by atoms with Gasteiger partial charge >= 0.3 is 0 Å². The van der Waals surface area contributed by atoms with E-state index in [0.29, 0.717) is 23.0 Å². The minimum absolute atomic E-state index is 0.107. The van der Waals surface area contributed by atoms with Crippen molar-refractivity contribution >= 4 is 45.0 Å². The number of hydrogen-bond acceptors (Lipinski definition) is 4. The van der Waals surface area contributed by atoms with E-state index in [2.05, 4.69) is 15.7 Å². The van der Waals surface area contributed by atoms with Gasteiger partial charge in [-0.15, -0.1) is 11.3 Å². The number of benzene rings is 1. The summed E-state index contributed by atoms with van der Waals surface area (Å²) in [6, 6.07) is 9.35. The van der Waals surface area contributed by atoms with Crippen LogP contribution in [0.25, 0.3) is 15.9 Å². The number of thiophene rings is 1. The van der Waals surface area contributed by atoms with Gasteiger partial charge in [-0.25, -0.2) is 4.68 Å². The maximum atomic E-state index is 12.6. The van der Waals surface area contributed by atoms with Gasteiger partial charge in [0.15, 0.2) is 0 Å². The molecule has 1 aliphatic carbocycles. The fourth-order valence-electron chi connectivity index (χ4n) is 3.72. The molecule has 0 spiro atoms. The summed E-state index contributed by atoms with van der Waals surface area (Å²) in [7, 11) is 0. The third-order valence-corrected chi connectivity index (χ3v) is 6.60. The number of carbonyl (C=O) groups excluding carboxylic acids is 2. The van der Waals surface area contributed by atoms with E-state index in [1.54, 1.807) is 0 Å². The van der Waals surface area contributed by atoms with E-state index in [-0.39, 0.29) is 17.7 Å². The molecule has 152 valence electrons. The van der Waals surface area contributed by atoms with Crippen LogP contribution in [-0.4, -0.2) is 34.7 Å². The topological polar surface area (TPSA) is 76.0 Å². The third-order valence-electron chi connectivity index (χ3n) is 5.26. The SMILES string of the molecule is Cc1nn(-c2cccc(Cl)c2)c2sc(C(=O)NCCNC(=O)C3CCCC3)cc12. The van der Waals surface area contributed by atoms with E-state index in [0.717, 1.165) is 47.3 Å². The van der Waals surface area contributed by atoms with Crippen molar-refractivity contribution in [2.75, 3.05) is 13.1 Å². The first kappa shape index (κ1) is 19.9. The van der Waals surface area contributed by atoms with Gasteiger partial charge in [-0.3, -0.25) is 9.59 Å². The van der Waals surface area contributed by atoms with Crippen molar-refractivity contribution in [2.24, 2.45) is 5.92 Å². The lowest BCUT2D eigenvalue weighted by Gasteiger charge is -2.10. The van der Waals surface area contributed by atoms with Gasteiger partial charge in [0, 0.05) is 29.4 Å². The molecule has 1 fully saturated rings. The van der Waals surface area contributed by atoms with Crippen molar-refractivity contribution in [2.45, 2.75) is 32.6 Å². The van der Waals surface area contributed by atoms with Crippen LogP contribution in [0.2, 0.25) is 5.02 Å². The lowest BCUT2D eigenvalue weighted by Crippen LogP contribution is -2.36. The van der Waals surface area contributed by atoms with E-state index in [4.69, 9.17) is 11.6 Å². The predicted octanol–water partition coefficient (Wildman–Crippen LogP) is 4.09. The molecule has 2 N–H and O–H groups in total. The molecule has 2 aromatic heterocycles. The van der Waals surface area contributed by atoms with Crippen molar-refractivity contribution in [1.82, 2.24) is 20.4 Å². The molecule has 2 heterocycles. The lowest BCUT2D eigenvalue weighted by atomic mass is 10.1. The molecular formula is C21H23ClN4O2S. The van der Waals surface area contributed by atoms with Gasteiger partial charge in [0.1, 0.15) is 4.83 Å². The second-order valence-corrected chi connectivity index (χ2v) is 8.80. The number of fused-ring (bicyclic) bond motifs is 1. The number of nitrogens with zero attached hydrogens (tertiary/aromatic N) is 2. The molecule has 3 aromatic rings. The van der Waals surface area contributed by atoms with Gasteiger partial charge in [-0.05, 0) is 44.0 Å². The maximum Gasteiger partial charge on any atom is 0.261 e.